The molecule has 0 spiro atoms. The first-order valence-corrected chi connectivity index (χ1v) is 9.06. The first-order valence-electron chi connectivity index (χ1n) is 9.06. The van der Waals surface area contributed by atoms with Gasteiger partial charge in [-0.2, -0.15) is 0 Å². The lowest BCUT2D eigenvalue weighted by atomic mass is 9.91. The second-order valence-electron chi connectivity index (χ2n) is 6.67. The average Bonchev–Trinajstić information content (AvgIpc) is 3.17. The van der Waals surface area contributed by atoms with Crippen LogP contribution < -0.4 is 10.6 Å². The largest absolute Gasteiger partial charge is 0.348 e. The van der Waals surface area contributed by atoms with Gasteiger partial charge in [0.1, 0.15) is 5.82 Å². The maximum absolute atomic E-state index is 14.3. The Morgan fingerprint density at radius 3 is 2.78 bits per heavy atom. The van der Waals surface area contributed by atoms with Crippen LogP contribution in [0.5, 0.6) is 0 Å². The van der Waals surface area contributed by atoms with Crippen LogP contribution in [0.3, 0.4) is 0 Å². The summed E-state index contributed by atoms with van der Waals surface area (Å²) in [6.07, 6.45) is 6.63. The number of nitrogens with one attached hydrogen (secondary N) is 2. The van der Waals surface area contributed by atoms with Crippen LogP contribution in [0.25, 0.3) is 5.69 Å². The number of hydrogen-bond acceptors (Lipinski definition) is 3. The van der Waals surface area contributed by atoms with Gasteiger partial charge in [0.2, 0.25) is 5.91 Å². The molecule has 2 atom stereocenters. The maximum atomic E-state index is 14.3. The zero-order chi connectivity index (χ0) is 18.6. The number of halogens is 1. The molecule has 2 N–H and O–H groups in total. The fourth-order valence-electron chi connectivity index (χ4n) is 3.59. The fraction of sp³-hybridized carbons (Fsp3) is 0.238. The molecule has 27 heavy (non-hydrogen) atoms. The summed E-state index contributed by atoms with van der Waals surface area (Å²) in [6.45, 7) is 0.612. The Morgan fingerprint density at radius 1 is 1.15 bits per heavy atom. The van der Waals surface area contributed by atoms with E-state index in [1.54, 1.807) is 30.6 Å². The van der Waals surface area contributed by atoms with Gasteiger partial charge in [-0.3, -0.25) is 9.78 Å². The molecular weight excluding hydrogens is 343 g/mol. The minimum absolute atomic E-state index is 0.0403. The van der Waals surface area contributed by atoms with E-state index in [-0.39, 0.29) is 23.8 Å². The van der Waals surface area contributed by atoms with Gasteiger partial charge in [-0.15, -0.1) is 0 Å². The Kier molecular flexibility index (Phi) is 4.98. The molecule has 3 aromatic rings. The van der Waals surface area contributed by atoms with Crippen molar-refractivity contribution in [3.05, 3.63) is 84.2 Å². The smallest absolute Gasteiger partial charge is 0.220 e. The summed E-state index contributed by atoms with van der Waals surface area (Å²) in [7, 11) is 0. The molecule has 1 aliphatic heterocycles. The van der Waals surface area contributed by atoms with Gasteiger partial charge in [-0.25, -0.2) is 4.39 Å². The molecule has 0 radical (unpaired) electrons. The number of piperidine rings is 1. The molecule has 1 saturated heterocycles. The van der Waals surface area contributed by atoms with Crippen LogP contribution in [0.15, 0.2) is 67.1 Å². The van der Waals surface area contributed by atoms with Gasteiger partial charge in [-0.1, -0.05) is 18.2 Å². The third kappa shape index (κ3) is 3.75. The van der Waals surface area contributed by atoms with Gasteiger partial charge in [0.25, 0.3) is 0 Å². The van der Waals surface area contributed by atoms with Crippen molar-refractivity contribution in [2.24, 2.45) is 0 Å². The molecule has 1 amide bonds. The standard InChI is InChI=1S/C21H21FN4O/c22-18-6-2-1-5-17(18)21-19(7-8-20(27)25-21)24-14-16-4-3-13-26(16)15-9-11-23-12-10-15/h1-6,9-13,19,21,24H,7-8,14H2,(H,25,27)/t19-,21+/m1/s1. The lowest BCUT2D eigenvalue weighted by molar-refractivity contribution is -0.123. The molecule has 6 heteroatoms. The molecule has 3 heterocycles. The summed E-state index contributed by atoms with van der Waals surface area (Å²) >= 11 is 0. The molecule has 1 fully saturated rings. The molecular formula is C21H21FN4O. The normalized spacial score (nSPS) is 19.7. The van der Waals surface area contributed by atoms with E-state index >= 15 is 0 Å². The maximum Gasteiger partial charge on any atom is 0.220 e. The van der Waals surface area contributed by atoms with Gasteiger partial charge in [0, 0.05) is 54.5 Å². The van der Waals surface area contributed by atoms with E-state index < -0.39 is 0 Å². The van der Waals surface area contributed by atoms with E-state index in [2.05, 4.69) is 20.2 Å². The highest BCUT2D eigenvalue weighted by atomic mass is 19.1. The van der Waals surface area contributed by atoms with Crippen molar-refractivity contribution in [3.63, 3.8) is 0 Å². The highest BCUT2D eigenvalue weighted by Gasteiger charge is 2.31. The van der Waals surface area contributed by atoms with Crippen LogP contribution in [-0.2, 0) is 11.3 Å². The molecule has 1 aromatic carbocycles. The van der Waals surface area contributed by atoms with Crippen LogP contribution in [0.4, 0.5) is 4.39 Å². The summed E-state index contributed by atoms with van der Waals surface area (Å²) in [5.41, 5.74) is 2.65. The van der Waals surface area contributed by atoms with E-state index in [4.69, 9.17) is 0 Å². The topological polar surface area (TPSA) is 59.0 Å². The summed E-state index contributed by atoms with van der Waals surface area (Å²) in [4.78, 5) is 16.0. The molecule has 0 aliphatic carbocycles. The summed E-state index contributed by atoms with van der Waals surface area (Å²) in [5, 5.41) is 6.46. The highest BCUT2D eigenvalue weighted by molar-refractivity contribution is 5.77. The summed E-state index contributed by atoms with van der Waals surface area (Å²) in [6, 6.07) is 14.2. The van der Waals surface area contributed by atoms with E-state index in [0.717, 1.165) is 11.4 Å². The fourth-order valence-corrected chi connectivity index (χ4v) is 3.59. The van der Waals surface area contributed by atoms with E-state index in [0.29, 0.717) is 24.9 Å². The zero-order valence-corrected chi connectivity index (χ0v) is 14.8. The summed E-state index contributed by atoms with van der Waals surface area (Å²) < 4.78 is 16.4. The minimum Gasteiger partial charge on any atom is -0.348 e. The number of benzene rings is 1. The molecule has 2 aromatic heterocycles. The van der Waals surface area contributed by atoms with Gasteiger partial charge in [-0.05, 0) is 36.8 Å². The zero-order valence-electron chi connectivity index (χ0n) is 14.8. The van der Waals surface area contributed by atoms with Crippen molar-refractivity contribution >= 4 is 5.91 Å². The van der Waals surface area contributed by atoms with Crippen molar-refractivity contribution in [1.82, 2.24) is 20.2 Å². The molecule has 0 saturated carbocycles. The van der Waals surface area contributed by atoms with Gasteiger partial charge >= 0.3 is 0 Å². The van der Waals surface area contributed by atoms with Crippen LogP contribution in [0.2, 0.25) is 0 Å². The molecule has 4 rings (SSSR count). The average molecular weight is 364 g/mol. The number of amides is 1. The Hall–Kier alpha value is -2.99. The second-order valence-corrected chi connectivity index (χ2v) is 6.67. The van der Waals surface area contributed by atoms with E-state index in [1.165, 1.54) is 6.07 Å². The van der Waals surface area contributed by atoms with Crippen molar-refractivity contribution < 1.29 is 9.18 Å². The summed E-state index contributed by atoms with van der Waals surface area (Å²) in [5.74, 6) is -0.335. The van der Waals surface area contributed by atoms with Crippen molar-refractivity contribution in [3.8, 4) is 5.69 Å². The third-order valence-electron chi connectivity index (χ3n) is 4.96. The molecule has 0 bridgehead atoms. The van der Waals surface area contributed by atoms with Gasteiger partial charge in [0.05, 0.1) is 6.04 Å². The van der Waals surface area contributed by atoms with Crippen LogP contribution in [-0.4, -0.2) is 21.5 Å². The number of pyridine rings is 1. The van der Waals surface area contributed by atoms with Crippen LogP contribution in [0.1, 0.15) is 30.1 Å². The lowest BCUT2D eigenvalue weighted by Gasteiger charge is -2.33. The molecule has 138 valence electrons. The first-order chi connectivity index (χ1) is 13.2. The van der Waals surface area contributed by atoms with E-state index in [9.17, 15) is 9.18 Å². The number of aromatic nitrogens is 2. The monoisotopic (exact) mass is 364 g/mol. The van der Waals surface area contributed by atoms with Crippen LogP contribution in [0, 0.1) is 5.82 Å². The van der Waals surface area contributed by atoms with Crippen molar-refractivity contribution in [2.45, 2.75) is 31.5 Å². The molecule has 5 nitrogen and oxygen atoms in total. The van der Waals surface area contributed by atoms with Gasteiger partial charge in [0.15, 0.2) is 0 Å². The predicted molar refractivity (Wildman–Crippen MR) is 101 cm³/mol. The Labute approximate surface area is 157 Å². The lowest BCUT2D eigenvalue weighted by Crippen LogP contribution is -2.48. The number of nitrogens with zero attached hydrogens (tertiary/aromatic N) is 2. The van der Waals surface area contributed by atoms with Crippen molar-refractivity contribution in [1.29, 1.82) is 0 Å². The minimum atomic E-state index is -0.378. The number of carbonyl (C=O) groups excluding carboxylic acids is 1. The number of hydrogen-bond donors (Lipinski definition) is 2. The SMILES string of the molecule is O=C1CC[C@@H](NCc2cccn2-c2ccncc2)[C@H](c2ccccc2F)N1. The van der Waals surface area contributed by atoms with Gasteiger partial charge < -0.3 is 15.2 Å². The molecule has 0 unspecified atom stereocenters. The quantitative estimate of drug-likeness (QED) is 0.731. The number of rotatable bonds is 5. The number of carbonyl (C=O) groups is 1. The Morgan fingerprint density at radius 2 is 1.96 bits per heavy atom. The Bertz CT molecular complexity index is 925. The van der Waals surface area contributed by atoms with E-state index in [1.807, 2.05) is 30.5 Å². The molecule has 1 aliphatic rings. The highest BCUT2D eigenvalue weighted by Crippen LogP contribution is 2.26. The third-order valence-corrected chi connectivity index (χ3v) is 4.96. The first kappa shape index (κ1) is 17.4. The van der Waals surface area contributed by atoms with Crippen LogP contribution >= 0.6 is 0 Å². The predicted octanol–water partition coefficient (Wildman–Crippen LogP) is 3.12. The second kappa shape index (κ2) is 7.72. The Balaban J connectivity index is 1.53. The van der Waals surface area contributed by atoms with Crippen molar-refractivity contribution in [2.75, 3.05) is 0 Å².